The van der Waals surface area contributed by atoms with E-state index in [1.807, 2.05) is 24.3 Å². The van der Waals surface area contributed by atoms with E-state index in [-0.39, 0.29) is 0 Å². The van der Waals surface area contributed by atoms with E-state index in [1.54, 1.807) is 35.5 Å². The number of nitrogens with zero attached hydrogens (tertiary/aromatic N) is 4. The van der Waals surface area contributed by atoms with Gasteiger partial charge in [0, 0.05) is 56.4 Å². The molecule has 0 atom stereocenters. The van der Waals surface area contributed by atoms with Crippen molar-refractivity contribution < 1.29 is 28.5 Å². The molecule has 2 aliphatic heterocycles. The zero-order valence-electron chi connectivity index (χ0n) is 70.7. The molecule has 2 N–H and O–H groups in total. The van der Waals surface area contributed by atoms with Gasteiger partial charge in [-0.1, -0.05) is 196 Å². The third-order valence-corrected chi connectivity index (χ3v) is 23.4. The quantitative estimate of drug-likeness (QED) is 0.0446. The summed E-state index contributed by atoms with van der Waals surface area (Å²) in [5, 5.41) is 0. The number of methoxy groups -OCH3 is 5. The van der Waals surface area contributed by atoms with Gasteiger partial charge in [-0.3, -0.25) is 4.79 Å². The number of H-pyrrole nitrogens is 2. The first-order valence-electron chi connectivity index (χ1n) is 40.8. The number of carbonyl (C=O) groups excluding carboxylic acids is 1. The lowest BCUT2D eigenvalue weighted by Crippen LogP contribution is -2.09. The highest BCUT2D eigenvalue weighted by molar-refractivity contribution is 6.10. The molecule has 0 spiro atoms. The van der Waals surface area contributed by atoms with Crippen LogP contribution in [0.2, 0.25) is 0 Å². The second kappa shape index (κ2) is 34.2. The number of aldehydes is 1. The number of aryl methyl sites for hydroxylation is 8. The molecular formula is C106H102N6O6. The average molecular weight is 1560 g/mol. The van der Waals surface area contributed by atoms with Crippen molar-refractivity contribution in [2.24, 2.45) is 0 Å². The Labute approximate surface area is 694 Å². The SMILES string of the molecule is CCC1=C(C)c2nc1c(-c1ccc(/C=C/c3ccc(N(c4ccc(C)cc4)c4ccc(C)cc4)cc3)cc1)c1[nH]c(c(C)c1CC)c(-c1cc(C=O)c(OC)c(OC)c1)c1nc(c(-c3ccc(/C=C/c4ccc(N(c5ccc(C)cc5)c5ccc(C)cc5)cc4)cc3)c3[nH]c(c(C)c3CC)c2-c2cc(OC)c(OC)c(OC)c2)C(CC)=C1C. The molecule has 10 aromatic carbocycles. The Kier molecular flexibility index (Phi) is 23.1. The number of nitrogens with one attached hydrogen (secondary N) is 2. The summed E-state index contributed by atoms with van der Waals surface area (Å²) in [4.78, 5) is 38.8. The van der Waals surface area contributed by atoms with Gasteiger partial charge >= 0.3 is 0 Å². The maximum absolute atomic E-state index is 13.6. The molecule has 0 unspecified atom stereocenters. The first-order chi connectivity index (χ1) is 57.3. The fraction of sp³-hybridized carbons (Fsp3) is 0.198. The standard InChI is InChI=1S/C106H102N6O6/c1-18-86-67(9)97-95(77-58-79(62-113)105(117-16)90(59-77)114-13)98-68(10)87(19-2)102(108-98)94(76-44-36-72(37-45-76)31-33-74-40-56-85(57-41-74)112(82-50-26-65(7)27-51-82)83-52-28-66(8)29-53-83)104-89(21-4)70(12)100(110-104)96(78-60-91(115-14)106(118-17)92(61-78)116-15)99-69(11)88(20-3)103(109-99)93(101(86)107-97)75-42-34-71(35-43-75)30-32-73-38-54-84(55-39-73)111(80-46-22-63(5)23-47-80)81-48-24-64(6)25-49-81/h22-62,107,110H,18-21H2,1-17H3/b32-30+,33-31+,97-95?,98-95?,99-96?,100-96?,101-93?,102-94?,103-93?,104-94?. The smallest absolute Gasteiger partial charge is 0.203 e. The van der Waals surface area contributed by atoms with E-state index < -0.39 is 0 Å². The highest BCUT2D eigenvalue weighted by atomic mass is 16.5. The minimum absolute atomic E-state index is 0.344. The monoisotopic (exact) mass is 1550 g/mol. The normalized spacial score (nSPS) is 12.1. The summed E-state index contributed by atoms with van der Waals surface area (Å²) < 4.78 is 30.7. The van der Waals surface area contributed by atoms with Crippen LogP contribution in [0.15, 0.2) is 218 Å². The Hall–Kier alpha value is -13.5. The number of aromatic amines is 2. The highest BCUT2D eigenvalue weighted by Crippen LogP contribution is 2.52. The second-order valence-electron chi connectivity index (χ2n) is 30.6. The highest BCUT2D eigenvalue weighted by Gasteiger charge is 2.32. The van der Waals surface area contributed by atoms with Crippen molar-refractivity contribution in [3.63, 3.8) is 0 Å². The van der Waals surface area contributed by atoms with Crippen LogP contribution < -0.4 is 33.5 Å². The van der Waals surface area contributed by atoms with Crippen LogP contribution in [0, 0.1) is 41.5 Å². The summed E-state index contributed by atoms with van der Waals surface area (Å²) >= 11 is 0. The molecule has 0 amide bonds. The van der Waals surface area contributed by atoms with E-state index >= 15 is 0 Å². The zero-order chi connectivity index (χ0) is 82.7. The number of hydrogen-bond acceptors (Lipinski definition) is 10. The summed E-state index contributed by atoms with van der Waals surface area (Å²) in [5.74, 6) is 2.28. The van der Waals surface area contributed by atoms with Crippen LogP contribution >= 0.6 is 0 Å². The number of aromatic nitrogens is 4. The van der Waals surface area contributed by atoms with Crippen LogP contribution in [0.1, 0.15) is 154 Å². The number of ether oxygens (including phenoxy) is 5. The Bertz CT molecular complexity index is 5990. The van der Waals surface area contributed by atoms with Crippen LogP contribution in [-0.4, -0.2) is 61.8 Å². The molecule has 118 heavy (non-hydrogen) atoms. The van der Waals surface area contributed by atoms with Crippen LogP contribution in [-0.2, 0) is 12.8 Å². The van der Waals surface area contributed by atoms with Gasteiger partial charge < -0.3 is 43.5 Å². The van der Waals surface area contributed by atoms with Gasteiger partial charge in [0.25, 0.3) is 0 Å². The molecule has 5 heterocycles. The number of carbonyl (C=O) groups is 1. The molecule has 15 rings (SSSR count). The summed E-state index contributed by atoms with van der Waals surface area (Å²) in [7, 11) is 8.16. The first-order valence-corrected chi connectivity index (χ1v) is 40.8. The predicted octanol–water partition coefficient (Wildman–Crippen LogP) is 27.8. The van der Waals surface area contributed by atoms with Crippen LogP contribution in [0.5, 0.6) is 28.7 Å². The average Bonchev–Trinajstić information content (AvgIpc) is 1.57. The molecule has 0 saturated carbocycles. The molecule has 12 heteroatoms. The van der Waals surface area contributed by atoms with E-state index in [0.29, 0.717) is 60.0 Å². The van der Waals surface area contributed by atoms with Gasteiger partial charge in [0.2, 0.25) is 5.75 Å². The largest absolute Gasteiger partial charge is 0.493 e. The van der Waals surface area contributed by atoms with Crippen molar-refractivity contribution >= 4 is 109 Å². The maximum Gasteiger partial charge on any atom is 0.203 e. The number of rotatable bonds is 24. The maximum atomic E-state index is 13.6. The number of fused-ring (bicyclic) bond motifs is 8. The molecule has 0 radical (unpaired) electrons. The molecule has 8 bridgehead atoms. The topological polar surface area (TPSA) is 127 Å². The van der Waals surface area contributed by atoms with Gasteiger partial charge in [-0.05, 0) is 267 Å². The van der Waals surface area contributed by atoms with Crippen molar-refractivity contribution in [3.8, 4) is 73.3 Å². The van der Waals surface area contributed by atoms with Gasteiger partial charge in [-0.2, -0.15) is 0 Å². The number of hydrogen-bond donors (Lipinski definition) is 2. The summed E-state index contributed by atoms with van der Waals surface area (Å²) in [5.41, 5.74) is 38.3. The minimum atomic E-state index is 0.344. The Morgan fingerprint density at radius 1 is 0.314 bits per heavy atom. The van der Waals surface area contributed by atoms with Crippen molar-refractivity contribution in [3.05, 3.63) is 313 Å². The van der Waals surface area contributed by atoms with Crippen molar-refractivity contribution in [2.75, 3.05) is 45.3 Å². The van der Waals surface area contributed by atoms with E-state index in [0.717, 1.165) is 197 Å². The third kappa shape index (κ3) is 15.1. The number of benzene rings is 10. The fourth-order valence-corrected chi connectivity index (χ4v) is 17.1. The minimum Gasteiger partial charge on any atom is -0.493 e. The zero-order valence-corrected chi connectivity index (χ0v) is 70.7. The molecule has 0 saturated heterocycles. The van der Waals surface area contributed by atoms with Crippen molar-refractivity contribution in [2.45, 2.75) is 109 Å². The van der Waals surface area contributed by atoms with Gasteiger partial charge in [0.1, 0.15) is 0 Å². The summed E-state index contributed by atoms with van der Waals surface area (Å²) in [6.07, 6.45) is 12.2. The van der Waals surface area contributed by atoms with E-state index in [4.69, 9.17) is 33.7 Å². The molecule has 2 aliphatic rings. The number of allylic oxidation sites excluding steroid dienone is 4. The van der Waals surface area contributed by atoms with Gasteiger partial charge in [0.05, 0.1) is 86.0 Å². The number of anilines is 6. The molecule has 592 valence electrons. The lowest BCUT2D eigenvalue weighted by molar-refractivity contribution is 0.112. The van der Waals surface area contributed by atoms with Crippen molar-refractivity contribution in [1.29, 1.82) is 0 Å². The van der Waals surface area contributed by atoms with E-state index in [2.05, 4.69) is 321 Å². The van der Waals surface area contributed by atoms with Gasteiger partial charge in [-0.15, -0.1) is 0 Å². The molecule has 3 aromatic heterocycles. The molecule has 0 aliphatic carbocycles. The van der Waals surface area contributed by atoms with Crippen molar-refractivity contribution in [1.82, 2.24) is 19.9 Å². The molecule has 0 fully saturated rings. The van der Waals surface area contributed by atoms with E-state index in [1.165, 1.54) is 22.3 Å². The lowest BCUT2D eigenvalue weighted by atomic mass is 9.91. The van der Waals surface area contributed by atoms with Crippen LogP contribution in [0.4, 0.5) is 34.1 Å². The van der Waals surface area contributed by atoms with Gasteiger partial charge in [-0.25, -0.2) is 9.97 Å². The third-order valence-electron chi connectivity index (χ3n) is 23.4. The lowest BCUT2D eigenvalue weighted by Gasteiger charge is -2.25. The van der Waals surface area contributed by atoms with E-state index in [9.17, 15) is 4.79 Å². The Balaban J connectivity index is 0.970. The van der Waals surface area contributed by atoms with Crippen LogP contribution in [0.25, 0.3) is 113 Å². The fourth-order valence-electron chi connectivity index (χ4n) is 17.1. The Morgan fingerprint density at radius 3 is 0.873 bits per heavy atom. The molecule has 12 nitrogen and oxygen atoms in total. The first kappa shape index (κ1) is 79.8. The van der Waals surface area contributed by atoms with Crippen LogP contribution in [0.3, 0.4) is 0 Å². The second-order valence-corrected chi connectivity index (χ2v) is 30.6. The molecular weight excluding hydrogens is 1450 g/mol. The Morgan fingerprint density at radius 2 is 0.593 bits per heavy atom. The predicted molar refractivity (Wildman–Crippen MR) is 494 cm³/mol. The molecule has 13 aromatic rings. The summed E-state index contributed by atoms with van der Waals surface area (Å²) in [6, 6.07) is 78.0. The van der Waals surface area contributed by atoms with Gasteiger partial charge in [0.15, 0.2) is 29.3 Å². The summed E-state index contributed by atoms with van der Waals surface area (Å²) in [6.45, 7) is 26.3.